The summed E-state index contributed by atoms with van der Waals surface area (Å²) in [7, 11) is 0. The number of hydrogen-bond donors (Lipinski definition) is 2. The fourth-order valence-corrected chi connectivity index (χ4v) is 3.31. The third kappa shape index (κ3) is 1.72. The Hall–Kier alpha value is -1.32. The Bertz CT molecular complexity index is 326. The number of carboxylic acids is 1. The Labute approximate surface area is 94.7 Å². The Morgan fingerprint density at radius 2 is 1.94 bits per heavy atom. The molecule has 4 heteroatoms. The Kier molecular flexibility index (Phi) is 2.99. The molecule has 0 unspecified atom stereocenters. The molecule has 0 aromatic rings. The van der Waals surface area contributed by atoms with Crippen molar-refractivity contribution in [1.82, 2.24) is 5.32 Å². The molecule has 16 heavy (non-hydrogen) atoms. The van der Waals surface area contributed by atoms with Gasteiger partial charge in [-0.1, -0.05) is 6.08 Å². The van der Waals surface area contributed by atoms with Crippen molar-refractivity contribution in [2.24, 2.45) is 23.7 Å². The van der Waals surface area contributed by atoms with Crippen LogP contribution >= 0.6 is 0 Å². The molecule has 0 spiro atoms. The number of rotatable bonds is 4. The van der Waals surface area contributed by atoms with Gasteiger partial charge < -0.3 is 10.4 Å². The normalized spacial score (nSPS) is 36.0. The second kappa shape index (κ2) is 4.28. The predicted octanol–water partition coefficient (Wildman–Crippen LogP) is 1.04. The van der Waals surface area contributed by atoms with Gasteiger partial charge in [0, 0.05) is 6.54 Å². The van der Waals surface area contributed by atoms with E-state index in [9.17, 15) is 14.7 Å². The maximum atomic E-state index is 11.9. The van der Waals surface area contributed by atoms with E-state index in [1.165, 1.54) is 0 Å². The molecule has 0 heterocycles. The van der Waals surface area contributed by atoms with Gasteiger partial charge >= 0.3 is 5.97 Å². The van der Waals surface area contributed by atoms with Crippen LogP contribution in [0.25, 0.3) is 0 Å². The van der Waals surface area contributed by atoms with Gasteiger partial charge in [-0.15, -0.1) is 6.58 Å². The Morgan fingerprint density at radius 3 is 2.50 bits per heavy atom. The van der Waals surface area contributed by atoms with Crippen molar-refractivity contribution in [1.29, 1.82) is 0 Å². The topological polar surface area (TPSA) is 66.4 Å². The molecule has 2 N–H and O–H groups in total. The fraction of sp³-hybridized carbons (Fsp3) is 0.667. The van der Waals surface area contributed by atoms with Crippen LogP contribution in [0.5, 0.6) is 0 Å². The lowest BCUT2D eigenvalue weighted by Gasteiger charge is -2.26. The molecule has 0 saturated heterocycles. The second-order valence-corrected chi connectivity index (χ2v) is 4.76. The van der Waals surface area contributed by atoms with Crippen molar-refractivity contribution in [3.05, 3.63) is 12.7 Å². The number of amides is 1. The van der Waals surface area contributed by atoms with Gasteiger partial charge in [0.15, 0.2) is 0 Å². The summed E-state index contributed by atoms with van der Waals surface area (Å²) >= 11 is 0. The van der Waals surface area contributed by atoms with Gasteiger partial charge in [0.05, 0.1) is 11.8 Å². The van der Waals surface area contributed by atoms with Gasteiger partial charge in [-0.2, -0.15) is 0 Å². The van der Waals surface area contributed by atoms with E-state index >= 15 is 0 Å². The van der Waals surface area contributed by atoms with Crippen LogP contribution in [0.15, 0.2) is 12.7 Å². The molecule has 4 nitrogen and oxygen atoms in total. The van der Waals surface area contributed by atoms with E-state index < -0.39 is 11.9 Å². The molecule has 2 aliphatic carbocycles. The molecule has 2 saturated carbocycles. The van der Waals surface area contributed by atoms with Crippen LogP contribution < -0.4 is 5.32 Å². The fourth-order valence-electron chi connectivity index (χ4n) is 3.31. The second-order valence-electron chi connectivity index (χ2n) is 4.76. The third-order valence-electron chi connectivity index (χ3n) is 3.92. The maximum absolute atomic E-state index is 11.9. The molecule has 0 aromatic heterocycles. The molecule has 2 rings (SSSR count). The molecule has 4 atom stereocenters. The number of carboxylic acid groups (broad SMARTS) is 1. The number of carbonyl (C=O) groups is 2. The summed E-state index contributed by atoms with van der Waals surface area (Å²) in [6.07, 6.45) is 4.48. The minimum atomic E-state index is -0.814. The minimum Gasteiger partial charge on any atom is -0.481 e. The van der Waals surface area contributed by atoms with Crippen LogP contribution in [0.3, 0.4) is 0 Å². The lowest BCUT2D eigenvalue weighted by Crippen LogP contribution is -2.41. The average Bonchev–Trinajstić information content (AvgIpc) is 2.84. The quantitative estimate of drug-likeness (QED) is 0.700. The molecule has 0 radical (unpaired) electrons. The lowest BCUT2D eigenvalue weighted by molar-refractivity contribution is -0.149. The highest BCUT2D eigenvalue weighted by Gasteiger charge is 2.53. The SMILES string of the molecule is C=CCNC(=O)[C@H]1[C@@H]2CC[C@@H](C2)[C@@H]1C(=O)O. The summed E-state index contributed by atoms with van der Waals surface area (Å²) in [6, 6.07) is 0. The number of hydrogen-bond acceptors (Lipinski definition) is 2. The van der Waals surface area contributed by atoms with Crippen LogP contribution in [0.2, 0.25) is 0 Å². The van der Waals surface area contributed by atoms with Gasteiger partial charge in [-0.3, -0.25) is 9.59 Å². The van der Waals surface area contributed by atoms with Crippen molar-refractivity contribution < 1.29 is 14.7 Å². The highest BCUT2D eigenvalue weighted by Crippen LogP contribution is 2.52. The number of fused-ring (bicyclic) bond motifs is 2. The van der Waals surface area contributed by atoms with E-state index in [-0.39, 0.29) is 23.7 Å². The first kappa shape index (κ1) is 11.2. The van der Waals surface area contributed by atoms with Crippen molar-refractivity contribution in [3.63, 3.8) is 0 Å². The summed E-state index contributed by atoms with van der Waals surface area (Å²) in [5, 5.41) is 11.9. The summed E-state index contributed by atoms with van der Waals surface area (Å²) in [5.74, 6) is -1.23. The average molecular weight is 223 g/mol. The Morgan fingerprint density at radius 1 is 1.31 bits per heavy atom. The van der Waals surface area contributed by atoms with E-state index in [2.05, 4.69) is 11.9 Å². The zero-order valence-corrected chi connectivity index (χ0v) is 9.19. The van der Waals surface area contributed by atoms with E-state index in [1.807, 2.05) is 0 Å². The van der Waals surface area contributed by atoms with E-state index in [0.29, 0.717) is 6.54 Å². The van der Waals surface area contributed by atoms with E-state index in [1.54, 1.807) is 6.08 Å². The number of nitrogens with one attached hydrogen (secondary N) is 1. The third-order valence-corrected chi connectivity index (χ3v) is 3.92. The van der Waals surface area contributed by atoms with Crippen LogP contribution in [0, 0.1) is 23.7 Å². The first-order valence-electron chi connectivity index (χ1n) is 5.76. The van der Waals surface area contributed by atoms with Gasteiger partial charge in [0.25, 0.3) is 0 Å². The number of carbonyl (C=O) groups excluding carboxylic acids is 1. The van der Waals surface area contributed by atoms with Crippen molar-refractivity contribution in [2.75, 3.05) is 6.54 Å². The van der Waals surface area contributed by atoms with Crippen LogP contribution in [0.1, 0.15) is 19.3 Å². The maximum Gasteiger partial charge on any atom is 0.307 e. The largest absolute Gasteiger partial charge is 0.481 e. The standard InChI is InChI=1S/C12H17NO3/c1-2-5-13-11(14)9-7-3-4-8(6-7)10(9)12(15)16/h2,7-10H,1,3-6H2,(H,13,14)(H,15,16)/t7-,8+,9+,10+/m1/s1. The molecular weight excluding hydrogens is 206 g/mol. The summed E-state index contributed by atoms with van der Waals surface area (Å²) in [6.45, 7) is 3.95. The van der Waals surface area contributed by atoms with Crippen LogP contribution in [-0.2, 0) is 9.59 Å². The minimum absolute atomic E-state index is 0.112. The molecule has 0 aromatic carbocycles. The van der Waals surface area contributed by atoms with Gasteiger partial charge in [0.2, 0.25) is 5.91 Å². The first-order chi connectivity index (χ1) is 7.65. The molecule has 2 bridgehead atoms. The summed E-state index contributed by atoms with van der Waals surface area (Å²) in [5.41, 5.74) is 0. The van der Waals surface area contributed by atoms with Crippen molar-refractivity contribution in [2.45, 2.75) is 19.3 Å². The first-order valence-corrected chi connectivity index (χ1v) is 5.76. The van der Waals surface area contributed by atoms with Gasteiger partial charge in [0.1, 0.15) is 0 Å². The zero-order valence-electron chi connectivity index (χ0n) is 9.19. The monoisotopic (exact) mass is 223 g/mol. The van der Waals surface area contributed by atoms with Gasteiger partial charge in [-0.25, -0.2) is 0 Å². The van der Waals surface area contributed by atoms with E-state index in [4.69, 9.17) is 0 Å². The van der Waals surface area contributed by atoms with Gasteiger partial charge in [-0.05, 0) is 31.1 Å². The van der Waals surface area contributed by atoms with Crippen LogP contribution in [0.4, 0.5) is 0 Å². The number of aliphatic carboxylic acids is 1. The summed E-state index contributed by atoms with van der Waals surface area (Å²) in [4.78, 5) is 23.1. The molecule has 1 amide bonds. The molecule has 0 aliphatic heterocycles. The van der Waals surface area contributed by atoms with Crippen LogP contribution in [-0.4, -0.2) is 23.5 Å². The predicted molar refractivity (Wildman–Crippen MR) is 58.7 cm³/mol. The highest BCUT2D eigenvalue weighted by atomic mass is 16.4. The lowest BCUT2D eigenvalue weighted by atomic mass is 9.79. The molecule has 88 valence electrons. The zero-order chi connectivity index (χ0) is 11.7. The highest BCUT2D eigenvalue weighted by molar-refractivity contribution is 5.86. The van der Waals surface area contributed by atoms with E-state index in [0.717, 1.165) is 19.3 Å². The summed E-state index contributed by atoms with van der Waals surface area (Å²) < 4.78 is 0. The molecule has 2 fully saturated rings. The smallest absolute Gasteiger partial charge is 0.307 e. The van der Waals surface area contributed by atoms with Crippen molar-refractivity contribution >= 4 is 11.9 Å². The Balaban J connectivity index is 2.09. The molecular formula is C12H17NO3. The van der Waals surface area contributed by atoms with Crippen molar-refractivity contribution in [3.8, 4) is 0 Å². The molecule has 2 aliphatic rings.